The maximum Gasteiger partial charge on any atom is 0.256 e. The van der Waals surface area contributed by atoms with Crippen LogP contribution in [0, 0.1) is 0 Å². The molecule has 0 spiro atoms. The van der Waals surface area contributed by atoms with Gasteiger partial charge in [-0.05, 0) is 146 Å². The minimum atomic E-state index is -0.183. The SMILES string of the molecule is CCCCCCc1cc2c3c(c1)N(c1c(-c4ccc(-c5ccccc5)cc4)cc(C(C)(C)C)cc1-c1ccc(-c4ccccc4)cc1)c1cc(-n4c5ccccc5c5ccccc54)ccc1B3c1ccc(-n3c4ccccc4c4ccccc43)cc1O2. The smallest absolute Gasteiger partial charge is 0.256 e. The largest absolute Gasteiger partial charge is 0.458 e. The maximum absolute atomic E-state index is 7.59. The monoisotopic (exact) mass is 1120 g/mol. The van der Waals surface area contributed by atoms with E-state index in [0.29, 0.717) is 0 Å². The number of anilines is 3. The molecule has 0 atom stereocenters. The highest BCUT2D eigenvalue weighted by Crippen LogP contribution is 2.52. The average Bonchev–Trinajstić information content (AvgIpc) is 1.18. The summed E-state index contributed by atoms with van der Waals surface area (Å²) in [5.74, 6) is 1.81. The molecule has 2 aliphatic heterocycles. The number of fused-ring (bicyclic) bond motifs is 10. The van der Waals surface area contributed by atoms with Crippen molar-refractivity contribution in [1.82, 2.24) is 9.13 Å². The number of hydrogen-bond acceptors (Lipinski definition) is 2. The molecule has 0 bridgehead atoms. The van der Waals surface area contributed by atoms with E-state index in [2.05, 4.69) is 309 Å². The summed E-state index contributed by atoms with van der Waals surface area (Å²) in [6.45, 7) is 9.21. The van der Waals surface area contributed by atoms with Crippen molar-refractivity contribution in [1.29, 1.82) is 0 Å². The van der Waals surface area contributed by atoms with Gasteiger partial charge in [0.15, 0.2) is 0 Å². The highest BCUT2D eigenvalue weighted by molar-refractivity contribution is 6.99. The van der Waals surface area contributed by atoms with Gasteiger partial charge < -0.3 is 18.8 Å². The second-order valence-corrected chi connectivity index (χ2v) is 25.0. The zero-order valence-corrected chi connectivity index (χ0v) is 49.8. The van der Waals surface area contributed by atoms with E-state index in [0.717, 1.165) is 69.4 Å². The Morgan fingerprint density at radius 3 is 1.32 bits per heavy atom. The van der Waals surface area contributed by atoms with E-state index >= 15 is 0 Å². The standard InChI is InChI=1S/C82H66BN3O/c1-5-6-7-10-23-54-48-77-80-79(49-54)87-78-53-63(85-74-34-21-17-30-66(74)67-31-18-22-35-75(67)85)45-47-71(78)83(80)70-46-44-62(84-72-32-19-15-28-64(72)65-29-16-20-33-73(65)84)52-76(70)86(77)81-68(59-40-36-57(37-41-59)55-24-11-8-12-25-55)50-61(82(2,3)4)51-69(81)60-42-38-58(39-43-60)56-26-13-9-14-27-56/h8-9,11-22,24-53H,5-7,10,23H2,1-4H3. The molecule has 0 fully saturated rings. The quantitative estimate of drug-likeness (QED) is 0.0899. The third-order valence-electron chi connectivity index (χ3n) is 18.6. The summed E-state index contributed by atoms with van der Waals surface area (Å²) in [7, 11) is 0. The Bertz CT molecular complexity index is 4760. The molecule has 2 aromatic heterocycles. The van der Waals surface area contributed by atoms with Gasteiger partial charge in [0.05, 0.1) is 27.8 Å². The molecule has 0 N–H and O–H groups in total. The van der Waals surface area contributed by atoms with Crippen LogP contribution >= 0.6 is 0 Å². The molecule has 418 valence electrons. The molecule has 0 amide bonds. The predicted octanol–water partition coefficient (Wildman–Crippen LogP) is 20.4. The Hall–Kier alpha value is -10.1. The van der Waals surface area contributed by atoms with Gasteiger partial charge in [0.1, 0.15) is 11.5 Å². The first-order valence-electron chi connectivity index (χ1n) is 31.2. The van der Waals surface area contributed by atoms with Gasteiger partial charge in [-0.3, -0.25) is 0 Å². The highest BCUT2D eigenvalue weighted by atomic mass is 16.5. The Labute approximate surface area is 510 Å². The van der Waals surface area contributed by atoms with Crippen LogP contribution in [0.2, 0.25) is 0 Å². The van der Waals surface area contributed by atoms with Crippen LogP contribution in [0.4, 0.5) is 17.1 Å². The molecule has 0 aliphatic carbocycles. The van der Waals surface area contributed by atoms with Crippen molar-refractivity contribution in [2.24, 2.45) is 0 Å². The minimum absolute atomic E-state index is 0.144. The molecule has 87 heavy (non-hydrogen) atoms. The van der Waals surface area contributed by atoms with Crippen LogP contribution in [0.25, 0.3) is 99.5 Å². The second kappa shape index (κ2) is 21.1. The van der Waals surface area contributed by atoms with E-state index in [1.54, 1.807) is 0 Å². The number of hydrogen-bond donors (Lipinski definition) is 0. The number of unbranched alkanes of at least 4 members (excludes halogenated alkanes) is 3. The number of para-hydroxylation sites is 4. The van der Waals surface area contributed by atoms with Gasteiger partial charge in [-0.25, -0.2) is 0 Å². The minimum Gasteiger partial charge on any atom is -0.458 e. The van der Waals surface area contributed by atoms with E-state index in [1.165, 1.54) is 118 Å². The molecule has 0 radical (unpaired) electrons. The molecular weight excluding hydrogens is 1050 g/mol. The zero-order valence-electron chi connectivity index (χ0n) is 49.8. The van der Waals surface area contributed by atoms with Crippen molar-refractivity contribution >= 4 is 83.8 Å². The van der Waals surface area contributed by atoms with Crippen molar-refractivity contribution < 1.29 is 4.74 Å². The molecule has 4 nitrogen and oxygen atoms in total. The fourth-order valence-corrected chi connectivity index (χ4v) is 14.3. The van der Waals surface area contributed by atoms with Crippen LogP contribution < -0.4 is 26.0 Å². The van der Waals surface area contributed by atoms with E-state index in [9.17, 15) is 0 Å². The van der Waals surface area contributed by atoms with Crippen molar-refractivity contribution in [2.75, 3.05) is 4.90 Å². The number of aromatic nitrogens is 2. The van der Waals surface area contributed by atoms with Crippen LogP contribution in [0.3, 0.4) is 0 Å². The molecule has 14 aromatic rings. The van der Waals surface area contributed by atoms with Crippen molar-refractivity contribution in [3.8, 4) is 67.4 Å². The lowest BCUT2D eigenvalue weighted by atomic mass is 9.34. The summed E-state index contributed by atoms with van der Waals surface area (Å²) in [6.07, 6.45) is 5.59. The first-order valence-corrected chi connectivity index (χ1v) is 31.2. The van der Waals surface area contributed by atoms with Crippen LogP contribution in [-0.2, 0) is 11.8 Å². The summed E-state index contributed by atoms with van der Waals surface area (Å²) in [5.41, 5.74) is 25.7. The number of aryl methyl sites for hydroxylation is 1. The second-order valence-electron chi connectivity index (χ2n) is 25.0. The predicted molar refractivity (Wildman–Crippen MR) is 369 cm³/mol. The molecule has 5 heteroatoms. The molecule has 2 aliphatic rings. The van der Waals surface area contributed by atoms with Gasteiger partial charge in [-0.15, -0.1) is 0 Å². The average molecular weight is 1120 g/mol. The van der Waals surface area contributed by atoms with E-state index in [4.69, 9.17) is 4.74 Å². The number of nitrogens with zero attached hydrogens (tertiary/aromatic N) is 3. The van der Waals surface area contributed by atoms with Crippen LogP contribution in [0.5, 0.6) is 11.5 Å². The van der Waals surface area contributed by atoms with Crippen molar-refractivity contribution in [3.05, 3.63) is 278 Å². The van der Waals surface area contributed by atoms with E-state index in [1.807, 2.05) is 0 Å². The molecule has 4 heterocycles. The molecule has 0 saturated carbocycles. The lowest BCUT2D eigenvalue weighted by Crippen LogP contribution is -2.59. The topological polar surface area (TPSA) is 22.3 Å². The Balaban J connectivity index is 0.998. The summed E-state index contributed by atoms with van der Waals surface area (Å²) in [5, 5.41) is 4.96. The maximum atomic E-state index is 7.59. The molecule has 12 aromatic carbocycles. The van der Waals surface area contributed by atoms with E-state index < -0.39 is 0 Å². The van der Waals surface area contributed by atoms with Crippen LogP contribution in [-0.4, -0.2) is 15.8 Å². The third-order valence-corrected chi connectivity index (χ3v) is 18.6. The number of ether oxygens (including phenoxy) is 1. The van der Waals surface area contributed by atoms with E-state index in [-0.39, 0.29) is 12.1 Å². The first-order chi connectivity index (χ1) is 42.8. The molecule has 0 unspecified atom stereocenters. The first kappa shape index (κ1) is 52.5. The fraction of sp³-hybridized carbons (Fsp3) is 0.122. The molecule has 0 saturated heterocycles. The van der Waals surface area contributed by atoms with Gasteiger partial charge in [-0.2, -0.15) is 0 Å². The van der Waals surface area contributed by atoms with Gasteiger partial charge in [-0.1, -0.05) is 241 Å². The molecule has 16 rings (SSSR count). The van der Waals surface area contributed by atoms with Crippen LogP contribution in [0.1, 0.15) is 64.5 Å². The summed E-state index contributed by atoms with van der Waals surface area (Å²) < 4.78 is 12.5. The Morgan fingerprint density at radius 1 is 0.379 bits per heavy atom. The summed E-state index contributed by atoms with van der Waals surface area (Å²) in [6, 6.07) is 99.8. The van der Waals surface area contributed by atoms with Crippen molar-refractivity contribution in [2.45, 2.75) is 65.2 Å². The summed E-state index contributed by atoms with van der Waals surface area (Å²) >= 11 is 0. The van der Waals surface area contributed by atoms with Crippen LogP contribution in [0.15, 0.2) is 267 Å². The molecular formula is C82H66BN3O. The number of benzene rings is 12. The van der Waals surface area contributed by atoms with Gasteiger partial charge in [0, 0.05) is 61.5 Å². The summed E-state index contributed by atoms with van der Waals surface area (Å²) in [4.78, 5) is 2.67. The van der Waals surface area contributed by atoms with Crippen molar-refractivity contribution in [3.63, 3.8) is 0 Å². The zero-order chi connectivity index (χ0) is 58.3. The third kappa shape index (κ3) is 8.89. The number of rotatable bonds is 12. The Kier molecular flexibility index (Phi) is 12.8. The lowest BCUT2D eigenvalue weighted by molar-refractivity contribution is 0.486. The lowest BCUT2D eigenvalue weighted by Gasteiger charge is -2.42. The normalized spacial score (nSPS) is 12.6. The van der Waals surface area contributed by atoms with Gasteiger partial charge >= 0.3 is 0 Å². The van der Waals surface area contributed by atoms with Gasteiger partial charge in [0.25, 0.3) is 6.71 Å². The highest BCUT2D eigenvalue weighted by Gasteiger charge is 2.44. The van der Waals surface area contributed by atoms with Gasteiger partial charge in [0.2, 0.25) is 0 Å². The Morgan fingerprint density at radius 2 is 0.828 bits per heavy atom. The fourth-order valence-electron chi connectivity index (χ4n) is 14.3.